The van der Waals surface area contributed by atoms with E-state index in [1.165, 1.54) is 16.8 Å². The summed E-state index contributed by atoms with van der Waals surface area (Å²) >= 11 is 0. The monoisotopic (exact) mass is 435 g/mol. The third-order valence-electron chi connectivity index (χ3n) is 6.51. The molecule has 0 radical (unpaired) electrons. The zero-order valence-electron chi connectivity index (χ0n) is 18.6. The quantitative estimate of drug-likeness (QED) is 0.641. The van der Waals surface area contributed by atoms with Crippen molar-refractivity contribution in [1.29, 1.82) is 0 Å². The molecule has 3 aromatic rings. The summed E-state index contributed by atoms with van der Waals surface area (Å²) in [6.07, 6.45) is 1.06. The SMILES string of the molecule is COc1cccc2cc(C(=O)NC[C@@H](c3ccc4c(c3)CCN4C)N3CCOCC3)oc12. The van der Waals surface area contributed by atoms with Crippen molar-refractivity contribution in [3.63, 3.8) is 0 Å². The van der Waals surface area contributed by atoms with Crippen LogP contribution >= 0.6 is 0 Å². The Bertz CT molecular complexity index is 1120. The van der Waals surface area contributed by atoms with E-state index in [-0.39, 0.29) is 11.9 Å². The molecule has 1 aromatic heterocycles. The molecule has 0 unspecified atom stereocenters. The van der Waals surface area contributed by atoms with Crippen LogP contribution in [0.15, 0.2) is 46.9 Å². The Kier molecular flexibility index (Phi) is 5.76. The van der Waals surface area contributed by atoms with Gasteiger partial charge in [-0.25, -0.2) is 0 Å². The van der Waals surface area contributed by atoms with E-state index in [2.05, 4.69) is 40.4 Å². The number of likely N-dealkylation sites (N-methyl/N-ethyl adjacent to an activating group) is 1. The second-order valence-corrected chi connectivity index (χ2v) is 8.42. The second-order valence-electron chi connectivity index (χ2n) is 8.42. The number of nitrogens with one attached hydrogen (secondary N) is 1. The zero-order valence-corrected chi connectivity index (χ0v) is 18.6. The standard InChI is InChI=1S/C25H29N3O4/c1-27-9-8-18-14-17(6-7-20(18)27)21(28-10-12-31-13-11-28)16-26-25(29)23-15-19-4-3-5-22(30-2)24(19)32-23/h3-7,14-15,21H,8-13,16H2,1-2H3,(H,26,29)/t21-/m0/s1. The minimum Gasteiger partial charge on any atom is -0.493 e. The molecule has 3 heterocycles. The number of amides is 1. The highest BCUT2D eigenvalue weighted by molar-refractivity contribution is 5.97. The minimum absolute atomic E-state index is 0.0815. The van der Waals surface area contributed by atoms with Crippen LogP contribution in [0.1, 0.15) is 27.7 Å². The van der Waals surface area contributed by atoms with Gasteiger partial charge >= 0.3 is 0 Å². The van der Waals surface area contributed by atoms with E-state index in [0.717, 1.165) is 31.4 Å². The smallest absolute Gasteiger partial charge is 0.287 e. The lowest BCUT2D eigenvalue weighted by Crippen LogP contribution is -2.43. The van der Waals surface area contributed by atoms with Crippen LogP contribution in [0.3, 0.4) is 0 Å². The highest BCUT2D eigenvalue weighted by Crippen LogP contribution is 2.32. The third-order valence-corrected chi connectivity index (χ3v) is 6.51. The first-order valence-electron chi connectivity index (χ1n) is 11.1. The number of hydrogen-bond acceptors (Lipinski definition) is 6. The minimum atomic E-state index is -0.220. The summed E-state index contributed by atoms with van der Waals surface area (Å²) in [5, 5.41) is 3.95. The van der Waals surface area contributed by atoms with Crippen LogP contribution in [0.4, 0.5) is 5.69 Å². The van der Waals surface area contributed by atoms with Crippen molar-refractivity contribution in [3.05, 3.63) is 59.4 Å². The molecule has 7 heteroatoms. The molecule has 0 bridgehead atoms. The average molecular weight is 436 g/mol. The van der Waals surface area contributed by atoms with Gasteiger partial charge in [0.05, 0.1) is 26.4 Å². The highest BCUT2D eigenvalue weighted by atomic mass is 16.5. The molecule has 1 N–H and O–H groups in total. The lowest BCUT2D eigenvalue weighted by atomic mass is 10.0. The van der Waals surface area contributed by atoms with Gasteiger partial charge < -0.3 is 24.1 Å². The molecular formula is C25H29N3O4. The number of fused-ring (bicyclic) bond motifs is 2. The molecular weight excluding hydrogens is 406 g/mol. The van der Waals surface area contributed by atoms with Crippen molar-refractivity contribution in [1.82, 2.24) is 10.2 Å². The molecule has 32 heavy (non-hydrogen) atoms. The number of hydrogen-bond donors (Lipinski definition) is 1. The number of morpholine rings is 1. The highest BCUT2D eigenvalue weighted by Gasteiger charge is 2.26. The Balaban J connectivity index is 1.37. The summed E-state index contributed by atoms with van der Waals surface area (Å²) in [6, 6.07) is 14.2. The van der Waals surface area contributed by atoms with Crippen LogP contribution in [-0.4, -0.2) is 64.4 Å². The van der Waals surface area contributed by atoms with Gasteiger partial charge in [-0.05, 0) is 35.7 Å². The molecule has 2 aromatic carbocycles. The lowest BCUT2D eigenvalue weighted by Gasteiger charge is -2.35. The molecule has 5 rings (SSSR count). The van der Waals surface area contributed by atoms with Gasteiger partial charge in [-0.1, -0.05) is 24.3 Å². The van der Waals surface area contributed by atoms with Crippen molar-refractivity contribution in [2.75, 3.05) is 58.5 Å². The first kappa shape index (κ1) is 20.8. The van der Waals surface area contributed by atoms with Crippen LogP contribution in [0.5, 0.6) is 5.75 Å². The summed E-state index contributed by atoms with van der Waals surface area (Å²) in [7, 11) is 3.73. The molecule has 1 saturated heterocycles. The number of carbonyl (C=O) groups is 1. The van der Waals surface area contributed by atoms with Gasteiger partial charge in [-0.3, -0.25) is 9.69 Å². The molecule has 2 aliphatic rings. The Morgan fingerprint density at radius 2 is 2.00 bits per heavy atom. The molecule has 1 amide bonds. The van der Waals surface area contributed by atoms with Crippen molar-refractivity contribution >= 4 is 22.6 Å². The first-order valence-corrected chi connectivity index (χ1v) is 11.1. The van der Waals surface area contributed by atoms with E-state index < -0.39 is 0 Å². The van der Waals surface area contributed by atoms with E-state index in [0.29, 0.717) is 36.9 Å². The van der Waals surface area contributed by atoms with Crippen LogP contribution in [0.2, 0.25) is 0 Å². The fraction of sp³-hybridized carbons (Fsp3) is 0.400. The number of furan rings is 1. The van der Waals surface area contributed by atoms with Gasteiger partial charge in [0.2, 0.25) is 0 Å². The fourth-order valence-corrected chi connectivity index (χ4v) is 4.73. The van der Waals surface area contributed by atoms with E-state index in [4.69, 9.17) is 13.9 Å². The van der Waals surface area contributed by atoms with Gasteiger partial charge in [-0.15, -0.1) is 0 Å². The van der Waals surface area contributed by atoms with Gasteiger partial charge in [-0.2, -0.15) is 0 Å². The van der Waals surface area contributed by atoms with Gasteiger partial charge in [0.1, 0.15) is 0 Å². The van der Waals surface area contributed by atoms with Crippen molar-refractivity contribution in [3.8, 4) is 5.75 Å². The number of ether oxygens (including phenoxy) is 2. The molecule has 0 aliphatic carbocycles. The van der Waals surface area contributed by atoms with Crippen molar-refractivity contribution in [2.45, 2.75) is 12.5 Å². The van der Waals surface area contributed by atoms with Crippen molar-refractivity contribution in [2.24, 2.45) is 0 Å². The Hall–Kier alpha value is -3.03. The number of methoxy groups -OCH3 is 1. The van der Waals surface area contributed by atoms with E-state index in [1.807, 2.05) is 18.2 Å². The fourth-order valence-electron chi connectivity index (χ4n) is 4.73. The van der Waals surface area contributed by atoms with Crippen LogP contribution in [0.25, 0.3) is 11.0 Å². The van der Waals surface area contributed by atoms with E-state index >= 15 is 0 Å². The number of anilines is 1. The number of rotatable bonds is 6. The maximum absolute atomic E-state index is 13.0. The first-order chi connectivity index (χ1) is 15.6. The topological polar surface area (TPSA) is 67.2 Å². The van der Waals surface area contributed by atoms with Gasteiger partial charge in [0.25, 0.3) is 5.91 Å². The Morgan fingerprint density at radius 1 is 1.16 bits per heavy atom. The summed E-state index contributed by atoms with van der Waals surface area (Å²) in [5.74, 6) is 0.694. The largest absolute Gasteiger partial charge is 0.493 e. The molecule has 1 fully saturated rings. The summed E-state index contributed by atoms with van der Waals surface area (Å²) in [6.45, 7) is 4.66. The second kappa shape index (κ2) is 8.84. The number of carbonyl (C=O) groups excluding carboxylic acids is 1. The number of benzene rings is 2. The van der Waals surface area contributed by atoms with Gasteiger partial charge in [0, 0.05) is 44.3 Å². The summed E-state index contributed by atoms with van der Waals surface area (Å²) in [5.41, 5.74) is 4.49. The summed E-state index contributed by atoms with van der Waals surface area (Å²) < 4.78 is 16.7. The number of nitrogens with zero attached hydrogens (tertiary/aromatic N) is 2. The average Bonchev–Trinajstić information content (AvgIpc) is 3.43. The van der Waals surface area contributed by atoms with E-state index in [9.17, 15) is 4.79 Å². The third kappa shape index (κ3) is 3.94. The van der Waals surface area contributed by atoms with E-state index in [1.54, 1.807) is 13.2 Å². The molecule has 0 spiro atoms. The lowest BCUT2D eigenvalue weighted by molar-refractivity contribution is 0.0161. The predicted octanol–water partition coefficient (Wildman–Crippen LogP) is 3.24. The molecule has 2 aliphatic heterocycles. The van der Waals surface area contributed by atoms with Gasteiger partial charge in [0.15, 0.2) is 17.1 Å². The van der Waals surface area contributed by atoms with Crippen LogP contribution in [0, 0.1) is 0 Å². The Morgan fingerprint density at radius 3 is 2.81 bits per heavy atom. The maximum atomic E-state index is 13.0. The summed E-state index contributed by atoms with van der Waals surface area (Å²) in [4.78, 5) is 17.7. The number of para-hydroxylation sites is 1. The maximum Gasteiger partial charge on any atom is 0.287 e. The predicted molar refractivity (Wildman–Crippen MR) is 124 cm³/mol. The molecule has 7 nitrogen and oxygen atoms in total. The zero-order chi connectivity index (χ0) is 22.1. The van der Waals surface area contributed by atoms with Crippen molar-refractivity contribution < 1.29 is 18.7 Å². The molecule has 1 atom stereocenters. The Labute approximate surface area is 187 Å². The molecule has 168 valence electrons. The van der Waals surface area contributed by atoms with Crippen LogP contribution < -0.4 is 15.0 Å². The van der Waals surface area contributed by atoms with Crippen LogP contribution in [-0.2, 0) is 11.2 Å². The molecule has 0 saturated carbocycles. The normalized spacial score (nSPS) is 17.4.